The van der Waals surface area contributed by atoms with E-state index < -0.39 is 0 Å². The lowest BCUT2D eigenvalue weighted by molar-refractivity contribution is 0.411. The van der Waals surface area contributed by atoms with Gasteiger partial charge in [0.05, 0.1) is 7.11 Å². The van der Waals surface area contributed by atoms with E-state index in [1.165, 1.54) is 85.5 Å². The molecule has 3 heteroatoms. The molecule has 3 nitrogen and oxygen atoms in total. The molecule has 0 unspecified atom stereocenters. The van der Waals surface area contributed by atoms with Crippen molar-refractivity contribution in [3.05, 3.63) is 89.0 Å². The molecule has 0 aromatic heterocycles. The summed E-state index contributed by atoms with van der Waals surface area (Å²) in [5.41, 5.74) is 7.86. The van der Waals surface area contributed by atoms with Crippen LogP contribution >= 0.6 is 0 Å². The van der Waals surface area contributed by atoms with Crippen LogP contribution in [-0.2, 0) is 0 Å². The topological polar surface area (TPSA) is 15.7 Å². The maximum Gasteiger partial charge on any atom is 0.121 e. The molecule has 32 heavy (non-hydrogen) atoms. The van der Waals surface area contributed by atoms with Crippen molar-refractivity contribution in [1.29, 1.82) is 0 Å². The lowest BCUT2D eigenvalue weighted by atomic mass is 9.84. The van der Waals surface area contributed by atoms with Crippen LogP contribution in [0, 0.1) is 6.92 Å². The minimum atomic E-state index is 0.208. The fourth-order valence-corrected chi connectivity index (χ4v) is 5.36. The average Bonchev–Trinajstić information content (AvgIpc) is 3.55. The summed E-state index contributed by atoms with van der Waals surface area (Å²) in [7, 11) is 1.74. The number of anilines is 2. The Labute approximate surface area is 192 Å². The van der Waals surface area contributed by atoms with Gasteiger partial charge in [0.15, 0.2) is 0 Å². The van der Waals surface area contributed by atoms with Crippen molar-refractivity contribution in [2.75, 3.05) is 43.1 Å². The quantitative estimate of drug-likeness (QED) is 0.425. The second kappa shape index (κ2) is 9.28. The molecule has 0 aliphatic carbocycles. The Morgan fingerprint density at radius 1 is 0.625 bits per heavy atom. The molecule has 2 aliphatic heterocycles. The van der Waals surface area contributed by atoms with Crippen LogP contribution in [0.1, 0.15) is 53.9 Å². The van der Waals surface area contributed by atoms with Gasteiger partial charge in [-0.2, -0.15) is 0 Å². The zero-order valence-corrected chi connectivity index (χ0v) is 19.4. The molecule has 3 aromatic carbocycles. The highest BCUT2D eigenvalue weighted by molar-refractivity contribution is 5.55. The molecular weight excluding hydrogens is 392 g/mol. The summed E-state index contributed by atoms with van der Waals surface area (Å²) in [4.78, 5) is 5.00. The first kappa shape index (κ1) is 20.9. The summed E-state index contributed by atoms with van der Waals surface area (Å²) < 4.78 is 5.53. The van der Waals surface area contributed by atoms with Crippen LogP contribution in [0.15, 0.2) is 66.7 Å². The van der Waals surface area contributed by atoms with E-state index in [4.69, 9.17) is 4.74 Å². The van der Waals surface area contributed by atoms with Crippen molar-refractivity contribution in [2.45, 2.75) is 38.5 Å². The van der Waals surface area contributed by atoms with Gasteiger partial charge in [0.2, 0.25) is 0 Å². The van der Waals surface area contributed by atoms with Crippen LogP contribution in [-0.4, -0.2) is 33.3 Å². The number of nitrogens with zero attached hydrogens (tertiary/aromatic N) is 2. The van der Waals surface area contributed by atoms with Gasteiger partial charge in [0.25, 0.3) is 0 Å². The van der Waals surface area contributed by atoms with E-state index in [1.807, 2.05) is 0 Å². The highest BCUT2D eigenvalue weighted by Crippen LogP contribution is 2.36. The Kier molecular flexibility index (Phi) is 6.07. The van der Waals surface area contributed by atoms with Crippen LogP contribution in [0.4, 0.5) is 11.4 Å². The SMILES string of the molecule is COc1ccc(C(c2ccc(N3CCCC3)cc2)c2ccc(N3CCCC3)cc2)cc1C. The molecule has 5 rings (SSSR count). The second-order valence-electron chi connectivity index (χ2n) is 9.23. The number of hydrogen-bond acceptors (Lipinski definition) is 3. The molecule has 0 bridgehead atoms. The minimum absolute atomic E-state index is 0.208. The van der Waals surface area contributed by atoms with Gasteiger partial charge >= 0.3 is 0 Å². The van der Waals surface area contributed by atoms with Crippen molar-refractivity contribution in [3.8, 4) is 5.75 Å². The summed E-state index contributed by atoms with van der Waals surface area (Å²) >= 11 is 0. The normalized spacial score (nSPS) is 16.2. The van der Waals surface area contributed by atoms with Crippen molar-refractivity contribution >= 4 is 11.4 Å². The second-order valence-corrected chi connectivity index (χ2v) is 9.23. The first-order chi connectivity index (χ1) is 15.7. The predicted molar refractivity (Wildman–Crippen MR) is 134 cm³/mol. The molecule has 0 N–H and O–H groups in total. The van der Waals surface area contributed by atoms with E-state index in [2.05, 4.69) is 83.5 Å². The zero-order valence-electron chi connectivity index (χ0n) is 19.4. The Morgan fingerprint density at radius 3 is 1.47 bits per heavy atom. The van der Waals surface area contributed by atoms with Crippen LogP contribution in [0.25, 0.3) is 0 Å². The third kappa shape index (κ3) is 4.21. The highest BCUT2D eigenvalue weighted by atomic mass is 16.5. The largest absolute Gasteiger partial charge is 0.496 e. The summed E-state index contributed by atoms with van der Waals surface area (Å²) in [6.07, 6.45) is 5.22. The molecule has 0 atom stereocenters. The molecule has 3 aromatic rings. The van der Waals surface area contributed by atoms with Gasteiger partial charge in [-0.1, -0.05) is 36.4 Å². The number of ether oxygens (including phenoxy) is 1. The van der Waals surface area contributed by atoms with E-state index in [0.29, 0.717) is 0 Å². The smallest absolute Gasteiger partial charge is 0.121 e. The minimum Gasteiger partial charge on any atom is -0.496 e. The van der Waals surface area contributed by atoms with E-state index in [-0.39, 0.29) is 5.92 Å². The molecule has 0 radical (unpaired) electrons. The van der Waals surface area contributed by atoms with Gasteiger partial charge in [0.1, 0.15) is 5.75 Å². The fourth-order valence-electron chi connectivity index (χ4n) is 5.36. The Morgan fingerprint density at radius 2 is 1.06 bits per heavy atom. The van der Waals surface area contributed by atoms with Crippen LogP contribution in [0.5, 0.6) is 5.75 Å². The standard InChI is InChI=1S/C29H34N2O/c1-22-21-25(11-16-28(22)32-2)29(23-7-12-26(13-8-23)30-17-3-4-18-30)24-9-14-27(15-10-24)31-19-5-6-20-31/h7-16,21,29H,3-6,17-20H2,1-2H3. The van der Waals surface area contributed by atoms with E-state index >= 15 is 0 Å². The van der Waals surface area contributed by atoms with Crippen molar-refractivity contribution in [2.24, 2.45) is 0 Å². The maximum absolute atomic E-state index is 5.53. The van der Waals surface area contributed by atoms with Gasteiger partial charge in [-0.15, -0.1) is 0 Å². The number of rotatable bonds is 6. The monoisotopic (exact) mass is 426 g/mol. The van der Waals surface area contributed by atoms with Gasteiger partial charge in [-0.3, -0.25) is 0 Å². The Balaban J connectivity index is 1.50. The van der Waals surface area contributed by atoms with E-state index in [9.17, 15) is 0 Å². The summed E-state index contributed by atoms with van der Waals surface area (Å²) in [6.45, 7) is 6.85. The van der Waals surface area contributed by atoms with E-state index in [0.717, 1.165) is 5.75 Å². The Bertz CT molecular complexity index is 970. The van der Waals surface area contributed by atoms with Crippen molar-refractivity contribution in [1.82, 2.24) is 0 Å². The van der Waals surface area contributed by atoms with Gasteiger partial charge in [-0.05, 0) is 85.2 Å². The molecule has 2 aliphatic rings. The molecule has 2 heterocycles. The first-order valence-electron chi connectivity index (χ1n) is 12.1. The van der Waals surface area contributed by atoms with Crippen LogP contribution in [0.2, 0.25) is 0 Å². The Hall–Kier alpha value is -2.94. The molecule has 166 valence electrons. The lowest BCUT2D eigenvalue weighted by Gasteiger charge is -2.23. The van der Waals surface area contributed by atoms with E-state index in [1.54, 1.807) is 7.11 Å². The molecule has 0 spiro atoms. The summed E-state index contributed by atoms with van der Waals surface area (Å²) in [6, 6.07) is 25.1. The number of hydrogen-bond donors (Lipinski definition) is 0. The van der Waals surface area contributed by atoms with Crippen molar-refractivity contribution < 1.29 is 4.74 Å². The number of aryl methyl sites for hydroxylation is 1. The molecule has 2 fully saturated rings. The predicted octanol–water partition coefficient (Wildman–Crippen LogP) is 6.38. The third-order valence-corrected chi connectivity index (χ3v) is 7.15. The van der Waals surface area contributed by atoms with Gasteiger partial charge in [-0.25, -0.2) is 0 Å². The molecule has 2 saturated heterocycles. The first-order valence-corrected chi connectivity index (χ1v) is 12.1. The van der Waals surface area contributed by atoms with Crippen LogP contribution in [0.3, 0.4) is 0 Å². The highest BCUT2D eigenvalue weighted by Gasteiger charge is 2.20. The number of methoxy groups -OCH3 is 1. The zero-order chi connectivity index (χ0) is 21.9. The lowest BCUT2D eigenvalue weighted by Crippen LogP contribution is -2.17. The van der Waals surface area contributed by atoms with Crippen molar-refractivity contribution in [3.63, 3.8) is 0 Å². The fraction of sp³-hybridized carbons (Fsp3) is 0.379. The van der Waals surface area contributed by atoms with Crippen LogP contribution < -0.4 is 14.5 Å². The summed E-state index contributed by atoms with van der Waals surface area (Å²) in [5, 5.41) is 0. The van der Waals surface area contributed by atoms with Gasteiger partial charge < -0.3 is 14.5 Å². The van der Waals surface area contributed by atoms with Gasteiger partial charge in [0, 0.05) is 43.5 Å². The number of benzene rings is 3. The maximum atomic E-state index is 5.53. The molecule has 0 saturated carbocycles. The molecular formula is C29H34N2O. The molecule has 0 amide bonds. The third-order valence-electron chi connectivity index (χ3n) is 7.15. The summed E-state index contributed by atoms with van der Waals surface area (Å²) in [5.74, 6) is 1.15. The average molecular weight is 427 g/mol.